The van der Waals surface area contributed by atoms with E-state index in [0.717, 1.165) is 6.07 Å². The topological polar surface area (TPSA) is 43.1 Å². The summed E-state index contributed by atoms with van der Waals surface area (Å²) in [6.45, 7) is 0.0106. The maximum Gasteiger partial charge on any atom is 0.416 e. The van der Waals surface area contributed by atoms with Gasteiger partial charge in [0.05, 0.1) is 5.56 Å². The normalized spacial score (nSPS) is 11.6. The number of benzene rings is 1. The number of Topliss-reactive ketones (excluding diaryl/α,β-unsaturated/α-hetero) is 1. The molecule has 88 valence electrons. The third-order valence-electron chi connectivity index (χ3n) is 1.92. The van der Waals surface area contributed by atoms with Gasteiger partial charge in [-0.2, -0.15) is 13.2 Å². The number of rotatable bonds is 3. The third kappa shape index (κ3) is 3.03. The Morgan fingerprint density at radius 3 is 2.38 bits per heavy atom. The molecule has 2 nitrogen and oxygen atoms in total. The highest BCUT2D eigenvalue weighted by atomic mass is 19.4. The van der Waals surface area contributed by atoms with Crippen molar-refractivity contribution in [3.05, 3.63) is 35.1 Å². The molecule has 0 aliphatic heterocycles. The van der Waals surface area contributed by atoms with Gasteiger partial charge in [0.2, 0.25) is 0 Å². The quantitative estimate of drug-likeness (QED) is 0.645. The van der Waals surface area contributed by atoms with Gasteiger partial charge < -0.3 is 5.73 Å². The van der Waals surface area contributed by atoms with Gasteiger partial charge in [-0.25, -0.2) is 4.39 Å². The predicted molar refractivity (Wildman–Crippen MR) is 49.4 cm³/mol. The summed E-state index contributed by atoms with van der Waals surface area (Å²) in [7, 11) is 0. The molecule has 0 unspecified atom stereocenters. The summed E-state index contributed by atoms with van der Waals surface area (Å²) in [5.74, 6) is -1.69. The molecule has 0 heterocycles. The van der Waals surface area contributed by atoms with E-state index < -0.39 is 23.3 Å². The minimum atomic E-state index is -4.67. The fourth-order valence-electron chi connectivity index (χ4n) is 1.19. The molecule has 0 aromatic heterocycles. The molecule has 0 saturated carbocycles. The Bertz CT molecular complexity index is 400. The summed E-state index contributed by atoms with van der Waals surface area (Å²) in [5, 5.41) is 0. The molecule has 0 aliphatic carbocycles. The van der Waals surface area contributed by atoms with Crippen LogP contribution in [-0.2, 0) is 6.18 Å². The van der Waals surface area contributed by atoms with Crippen molar-refractivity contribution in [2.45, 2.75) is 12.6 Å². The van der Waals surface area contributed by atoms with E-state index in [2.05, 4.69) is 0 Å². The fourth-order valence-corrected chi connectivity index (χ4v) is 1.19. The molecule has 0 atom stereocenters. The Morgan fingerprint density at radius 2 is 1.88 bits per heavy atom. The summed E-state index contributed by atoms with van der Waals surface area (Å²) in [5.41, 5.74) is 3.61. The van der Waals surface area contributed by atoms with E-state index in [9.17, 15) is 22.4 Å². The van der Waals surface area contributed by atoms with Gasteiger partial charge in [0.25, 0.3) is 0 Å². The zero-order valence-corrected chi connectivity index (χ0v) is 8.14. The first-order valence-corrected chi connectivity index (χ1v) is 4.45. The summed E-state index contributed by atoms with van der Waals surface area (Å²) in [6.07, 6.45) is -4.78. The Hall–Kier alpha value is -1.43. The number of nitrogens with two attached hydrogens (primary N) is 1. The van der Waals surface area contributed by atoms with Crippen LogP contribution in [-0.4, -0.2) is 12.3 Å². The van der Waals surface area contributed by atoms with Crippen LogP contribution in [0, 0.1) is 5.82 Å². The van der Waals surface area contributed by atoms with Crippen molar-refractivity contribution >= 4 is 5.78 Å². The highest BCUT2D eigenvalue weighted by molar-refractivity contribution is 5.96. The zero-order chi connectivity index (χ0) is 12.3. The van der Waals surface area contributed by atoms with Gasteiger partial charge in [-0.1, -0.05) is 0 Å². The van der Waals surface area contributed by atoms with Gasteiger partial charge in [-0.15, -0.1) is 0 Å². The second kappa shape index (κ2) is 4.61. The Morgan fingerprint density at radius 1 is 1.25 bits per heavy atom. The molecule has 0 amide bonds. The van der Waals surface area contributed by atoms with E-state index in [4.69, 9.17) is 5.73 Å². The van der Waals surface area contributed by atoms with Crippen LogP contribution in [0.4, 0.5) is 17.6 Å². The number of halogens is 4. The lowest BCUT2D eigenvalue weighted by molar-refractivity contribution is -0.137. The summed E-state index contributed by atoms with van der Waals surface area (Å²) >= 11 is 0. The van der Waals surface area contributed by atoms with E-state index in [-0.39, 0.29) is 18.5 Å². The minimum Gasteiger partial charge on any atom is -0.330 e. The van der Waals surface area contributed by atoms with Crippen LogP contribution in [0.1, 0.15) is 22.3 Å². The van der Waals surface area contributed by atoms with Crippen molar-refractivity contribution in [3.63, 3.8) is 0 Å². The van der Waals surface area contributed by atoms with Gasteiger partial charge in [0.1, 0.15) is 5.82 Å². The maximum absolute atomic E-state index is 12.9. The fraction of sp³-hybridized carbons (Fsp3) is 0.300. The molecule has 1 aromatic carbocycles. The maximum atomic E-state index is 12.9. The van der Waals surface area contributed by atoms with Crippen LogP contribution in [0.15, 0.2) is 18.2 Å². The average molecular weight is 235 g/mol. The van der Waals surface area contributed by atoms with E-state index in [1.807, 2.05) is 0 Å². The average Bonchev–Trinajstić information content (AvgIpc) is 2.16. The van der Waals surface area contributed by atoms with Gasteiger partial charge in [0, 0.05) is 12.0 Å². The van der Waals surface area contributed by atoms with Crippen LogP contribution in [0.25, 0.3) is 0 Å². The molecule has 0 aliphatic rings. The van der Waals surface area contributed by atoms with Gasteiger partial charge in [-0.05, 0) is 24.7 Å². The molecular weight excluding hydrogens is 226 g/mol. The number of hydrogen-bond acceptors (Lipinski definition) is 2. The number of hydrogen-bond donors (Lipinski definition) is 1. The Labute approximate surface area is 89.1 Å². The zero-order valence-electron chi connectivity index (χ0n) is 8.14. The molecule has 2 N–H and O–H groups in total. The first kappa shape index (κ1) is 12.6. The smallest absolute Gasteiger partial charge is 0.330 e. The van der Waals surface area contributed by atoms with Crippen LogP contribution in [0.3, 0.4) is 0 Å². The van der Waals surface area contributed by atoms with E-state index >= 15 is 0 Å². The number of carbonyl (C=O) groups excluding carboxylic acids is 1. The first-order valence-electron chi connectivity index (χ1n) is 4.45. The highest BCUT2D eigenvalue weighted by Gasteiger charge is 2.31. The standard InChI is InChI=1S/C10H9F4NO/c11-8-4-6(9(16)1-2-15)3-7(5-8)10(12,13)14/h3-5H,1-2,15H2. The van der Waals surface area contributed by atoms with Crippen LogP contribution >= 0.6 is 0 Å². The second-order valence-corrected chi connectivity index (χ2v) is 3.19. The highest BCUT2D eigenvalue weighted by Crippen LogP contribution is 2.30. The van der Waals surface area contributed by atoms with Gasteiger partial charge >= 0.3 is 6.18 Å². The van der Waals surface area contributed by atoms with Crippen molar-refractivity contribution in [1.82, 2.24) is 0 Å². The van der Waals surface area contributed by atoms with Crippen molar-refractivity contribution in [2.75, 3.05) is 6.54 Å². The molecule has 0 radical (unpaired) electrons. The van der Waals surface area contributed by atoms with Gasteiger partial charge in [-0.3, -0.25) is 4.79 Å². The molecular formula is C10H9F4NO. The lowest BCUT2D eigenvalue weighted by Crippen LogP contribution is -2.11. The first-order chi connectivity index (χ1) is 7.34. The lowest BCUT2D eigenvalue weighted by atomic mass is 10.0. The third-order valence-corrected chi connectivity index (χ3v) is 1.92. The number of carbonyl (C=O) groups is 1. The number of alkyl halides is 3. The van der Waals surface area contributed by atoms with Crippen LogP contribution in [0.2, 0.25) is 0 Å². The molecule has 0 spiro atoms. The van der Waals surface area contributed by atoms with E-state index in [1.54, 1.807) is 0 Å². The summed E-state index contributed by atoms with van der Waals surface area (Å²) in [6, 6.07) is 1.74. The van der Waals surface area contributed by atoms with Gasteiger partial charge in [0.15, 0.2) is 5.78 Å². The number of ketones is 1. The molecule has 0 bridgehead atoms. The largest absolute Gasteiger partial charge is 0.416 e. The van der Waals surface area contributed by atoms with Crippen LogP contribution in [0.5, 0.6) is 0 Å². The monoisotopic (exact) mass is 235 g/mol. The van der Waals surface area contributed by atoms with Crippen molar-refractivity contribution in [2.24, 2.45) is 5.73 Å². The lowest BCUT2D eigenvalue weighted by Gasteiger charge is -2.08. The Kier molecular flexibility index (Phi) is 3.64. The predicted octanol–water partition coefficient (Wildman–Crippen LogP) is 2.38. The SMILES string of the molecule is NCCC(=O)c1cc(F)cc(C(F)(F)F)c1. The molecule has 1 rings (SSSR count). The second-order valence-electron chi connectivity index (χ2n) is 3.19. The molecule has 6 heteroatoms. The van der Waals surface area contributed by atoms with E-state index in [0.29, 0.717) is 12.1 Å². The summed E-state index contributed by atoms with van der Waals surface area (Å²) in [4.78, 5) is 11.3. The van der Waals surface area contributed by atoms with Crippen LogP contribution < -0.4 is 5.73 Å². The minimum absolute atomic E-state index is 0.0106. The molecule has 0 fully saturated rings. The molecule has 16 heavy (non-hydrogen) atoms. The summed E-state index contributed by atoms with van der Waals surface area (Å²) < 4.78 is 49.8. The van der Waals surface area contributed by atoms with Crippen molar-refractivity contribution in [3.8, 4) is 0 Å². The van der Waals surface area contributed by atoms with Crippen molar-refractivity contribution < 1.29 is 22.4 Å². The Balaban J connectivity index is 3.13. The van der Waals surface area contributed by atoms with Crippen molar-refractivity contribution in [1.29, 1.82) is 0 Å². The molecule has 1 aromatic rings. The van der Waals surface area contributed by atoms with E-state index in [1.165, 1.54) is 0 Å². The molecule has 0 saturated heterocycles.